The van der Waals surface area contributed by atoms with Crippen molar-refractivity contribution in [1.82, 2.24) is 14.9 Å². The minimum Gasteiger partial charge on any atom is -0.352 e. The second-order valence-electron chi connectivity index (χ2n) is 7.70. The number of carbonyl (C=O) groups is 1. The molecule has 0 saturated heterocycles. The number of nitrogens with one attached hydrogen (secondary N) is 1. The summed E-state index contributed by atoms with van der Waals surface area (Å²) in [6.45, 7) is 4.85. The maximum absolute atomic E-state index is 12.3. The second-order valence-corrected chi connectivity index (χ2v) is 7.70. The van der Waals surface area contributed by atoms with Crippen LogP contribution in [0.25, 0.3) is 11.0 Å². The topological polar surface area (TPSA) is 46.9 Å². The number of carbonyl (C=O) groups excluding carboxylic acids is 1. The molecule has 152 valence electrons. The molecule has 0 saturated carbocycles. The van der Waals surface area contributed by atoms with Crippen LogP contribution in [-0.2, 0) is 6.42 Å². The zero-order chi connectivity index (χ0) is 20.9. The molecule has 0 bridgehead atoms. The van der Waals surface area contributed by atoms with Gasteiger partial charge in [0.2, 0.25) is 0 Å². The summed E-state index contributed by atoms with van der Waals surface area (Å²) in [6.07, 6.45) is 1.64. The Kier molecular flexibility index (Phi) is 5.94. The van der Waals surface area contributed by atoms with Gasteiger partial charge < -0.3 is 9.88 Å². The fourth-order valence-corrected chi connectivity index (χ4v) is 3.84. The van der Waals surface area contributed by atoms with Crippen molar-refractivity contribution in [2.24, 2.45) is 0 Å². The highest BCUT2D eigenvalue weighted by Gasteiger charge is 2.17. The molecular formula is C26H27N3O. The van der Waals surface area contributed by atoms with E-state index in [0.29, 0.717) is 12.1 Å². The number of aromatic nitrogens is 2. The predicted octanol–water partition coefficient (Wildman–Crippen LogP) is 5.32. The van der Waals surface area contributed by atoms with Crippen molar-refractivity contribution in [2.45, 2.75) is 32.7 Å². The van der Waals surface area contributed by atoms with Gasteiger partial charge in [-0.05, 0) is 50.1 Å². The molecule has 4 aromatic rings. The quantitative estimate of drug-likeness (QED) is 0.429. The summed E-state index contributed by atoms with van der Waals surface area (Å²) >= 11 is 0. The molecule has 0 aliphatic rings. The van der Waals surface area contributed by atoms with Crippen LogP contribution >= 0.6 is 0 Å². The van der Waals surface area contributed by atoms with Gasteiger partial charge in [-0.15, -0.1) is 0 Å². The Hall–Kier alpha value is -3.40. The molecule has 4 rings (SSSR count). The monoisotopic (exact) mass is 397 g/mol. The highest BCUT2D eigenvalue weighted by molar-refractivity contribution is 5.94. The van der Waals surface area contributed by atoms with Crippen LogP contribution in [0.2, 0.25) is 0 Å². The minimum absolute atomic E-state index is 0.0267. The molecular weight excluding hydrogens is 370 g/mol. The number of aryl methyl sites for hydroxylation is 2. The molecule has 4 heteroatoms. The third kappa shape index (κ3) is 4.28. The first-order valence-corrected chi connectivity index (χ1v) is 10.5. The summed E-state index contributed by atoms with van der Waals surface area (Å²) in [6, 6.07) is 26.6. The SMILES string of the molecule is Cc1ccc(C(=O)NCCCc2nc3ccccc3n2C(C)c2ccccc2)cc1. The second kappa shape index (κ2) is 8.95. The predicted molar refractivity (Wildman–Crippen MR) is 122 cm³/mol. The van der Waals surface area contributed by atoms with E-state index in [-0.39, 0.29) is 11.9 Å². The lowest BCUT2D eigenvalue weighted by atomic mass is 10.1. The summed E-state index contributed by atoms with van der Waals surface area (Å²) in [5.41, 5.74) is 5.27. The number of hydrogen-bond donors (Lipinski definition) is 1. The Bertz CT molecular complexity index is 1130. The Morgan fingerprint density at radius 1 is 0.967 bits per heavy atom. The molecule has 1 unspecified atom stereocenters. The molecule has 1 atom stereocenters. The van der Waals surface area contributed by atoms with E-state index in [1.807, 2.05) is 43.3 Å². The molecule has 1 heterocycles. The summed E-state index contributed by atoms with van der Waals surface area (Å²) in [7, 11) is 0. The molecule has 0 aliphatic heterocycles. The van der Waals surface area contributed by atoms with Crippen molar-refractivity contribution in [3.8, 4) is 0 Å². The Balaban J connectivity index is 1.47. The van der Waals surface area contributed by atoms with E-state index in [9.17, 15) is 4.79 Å². The summed E-state index contributed by atoms with van der Waals surface area (Å²) in [5.74, 6) is 1.03. The lowest BCUT2D eigenvalue weighted by Crippen LogP contribution is -2.25. The minimum atomic E-state index is -0.0267. The number of benzene rings is 3. The number of rotatable bonds is 7. The number of para-hydroxylation sites is 2. The largest absolute Gasteiger partial charge is 0.352 e. The Labute approximate surface area is 177 Å². The first-order valence-electron chi connectivity index (χ1n) is 10.5. The third-order valence-corrected chi connectivity index (χ3v) is 5.51. The van der Waals surface area contributed by atoms with Crippen LogP contribution < -0.4 is 5.32 Å². The van der Waals surface area contributed by atoms with Gasteiger partial charge in [0.25, 0.3) is 5.91 Å². The lowest BCUT2D eigenvalue weighted by molar-refractivity contribution is 0.0953. The van der Waals surface area contributed by atoms with E-state index < -0.39 is 0 Å². The van der Waals surface area contributed by atoms with Gasteiger partial charge in [0.05, 0.1) is 17.1 Å². The van der Waals surface area contributed by atoms with Crippen LogP contribution in [0.3, 0.4) is 0 Å². The van der Waals surface area contributed by atoms with Gasteiger partial charge in [0.1, 0.15) is 5.82 Å². The van der Waals surface area contributed by atoms with Crippen molar-refractivity contribution in [2.75, 3.05) is 6.54 Å². The zero-order valence-electron chi connectivity index (χ0n) is 17.5. The zero-order valence-corrected chi connectivity index (χ0v) is 17.5. The molecule has 1 aromatic heterocycles. The molecule has 0 spiro atoms. The maximum atomic E-state index is 12.3. The van der Waals surface area contributed by atoms with E-state index in [2.05, 4.69) is 59.3 Å². The molecule has 0 aliphatic carbocycles. The van der Waals surface area contributed by atoms with Crippen molar-refractivity contribution in [3.05, 3.63) is 101 Å². The summed E-state index contributed by atoms with van der Waals surface area (Å²) in [4.78, 5) is 17.2. The first kappa shape index (κ1) is 19.9. The van der Waals surface area contributed by atoms with E-state index in [0.717, 1.165) is 35.3 Å². The van der Waals surface area contributed by atoms with Crippen LogP contribution in [0.1, 0.15) is 46.7 Å². The number of fused-ring (bicyclic) bond motifs is 1. The average molecular weight is 398 g/mol. The Morgan fingerprint density at radius 2 is 1.67 bits per heavy atom. The summed E-state index contributed by atoms with van der Waals surface area (Å²) < 4.78 is 2.33. The van der Waals surface area contributed by atoms with Crippen LogP contribution in [-0.4, -0.2) is 22.0 Å². The standard InChI is InChI=1S/C26H27N3O/c1-19-14-16-22(17-15-19)26(30)27-18-8-13-25-28-23-11-6-7-12-24(23)29(25)20(2)21-9-4-3-5-10-21/h3-7,9-12,14-17,20H,8,13,18H2,1-2H3,(H,27,30). The number of hydrogen-bond acceptors (Lipinski definition) is 2. The van der Waals surface area contributed by atoms with Gasteiger partial charge in [-0.25, -0.2) is 4.98 Å². The molecule has 30 heavy (non-hydrogen) atoms. The lowest BCUT2D eigenvalue weighted by Gasteiger charge is -2.18. The van der Waals surface area contributed by atoms with E-state index in [4.69, 9.17) is 4.98 Å². The highest BCUT2D eigenvalue weighted by Crippen LogP contribution is 2.26. The van der Waals surface area contributed by atoms with E-state index in [1.165, 1.54) is 5.56 Å². The fourth-order valence-electron chi connectivity index (χ4n) is 3.84. The number of nitrogens with zero attached hydrogens (tertiary/aromatic N) is 2. The van der Waals surface area contributed by atoms with Gasteiger partial charge in [-0.3, -0.25) is 4.79 Å². The summed E-state index contributed by atoms with van der Waals surface area (Å²) in [5, 5.41) is 3.03. The van der Waals surface area contributed by atoms with Crippen LogP contribution in [0.5, 0.6) is 0 Å². The normalized spacial score (nSPS) is 12.1. The van der Waals surface area contributed by atoms with Gasteiger partial charge >= 0.3 is 0 Å². The highest BCUT2D eigenvalue weighted by atomic mass is 16.1. The molecule has 0 radical (unpaired) electrons. The van der Waals surface area contributed by atoms with Crippen LogP contribution in [0, 0.1) is 6.92 Å². The van der Waals surface area contributed by atoms with E-state index >= 15 is 0 Å². The molecule has 0 fully saturated rings. The smallest absolute Gasteiger partial charge is 0.251 e. The van der Waals surface area contributed by atoms with Gasteiger partial charge in [0.15, 0.2) is 0 Å². The van der Waals surface area contributed by atoms with Gasteiger partial charge in [-0.1, -0.05) is 60.2 Å². The van der Waals surface area contributed by atoms with Crippen molar-refractivity contribution >= 4 is 16.9 Å². The number of imidazole rings is 1. The maximum Gasteiger partial charge on any atom is 0.251 e. The van der Waals surface area contributed by atoms with Crippen molar-refractivity contribution in [3.63, 3.8) is 0 Å². The molecule has 1 N–H and O–H groups in total. The number of amides is 1. The van der Waals surface area contributed by atoms with Gasteiger partial charge in [0, 0.05) is 18.5 Å². The van der Waals surface area contributed by atoms with Crippen molar-refractivity contribution < 1.29 is 4.79 Å². The first-order chi connectivity index (χ1) is 14.6. The van der Waals surface area contributed by atoms with Gasteiger partial charge in [-0.2, -0.15) is 0 Å². The van der Waals surface area contributed by atoms with Crippen LogP contribution in [0.4, 0.5) is 0 Å². The van der Waals surface area contributed by atoms with E-state index in [1.54, 1.807) is 0 Å². The Morgan fingerprint density at radius 3 is 2.43 bits per heavy atom. The van der Waals surface area contributed by atoms with Crippen molar-refractivity contribution in [1.29, 1.82) is 0 Å². The third-order valence-electron chi connectivity index (χ3n) is 5.51. The average Bonchev–Trinajstić information content (AvgIpc) is 3.15. The molecule has 4 nitrogen and oxygen atoms in total. The molecule has 3 aromatic carbocycles. The molecule has 1 amide bonds. The van der Waals surface area contributed by atoms with Crippen LogP contribution in [0.15, 0.2) is 78.9 Å². The fraction of sp³-hybridized carbons (Fsp3) is 0.231.